The molecule has 0 aliphatic carbocycles. The molecule has 1 aromatic heterocycles. The summed E-state index contributed by atoms with van der Waals surface area (Å²) < 4.78 is 1.95. The van der Waals surface area contributed by atoms with Crippen LogP contribution in [0, 0.1) is 3.57 Å². The Hall–Kier alpha value is -0.400. The largest absolute Gasteiger partial charge is 0.372 e. The molecule has 0 amide bonds. The molecule has 0 saturated heterocycles. The lowest BCUT2D eigenvalue weighted by Gasteiger charge is -2.11. The van der Waals surface area contributed by atoms with E-state index in [0.717, 1.165) is 38.0 Å². The first-order valence-electron chi connectivity index (χ1n) is 6.26. The predicted molar refractivity (Wildman–Crippen MR) is 96.4 cm³/mol. The molecule has 0 fully saturated rings. The van der Waals surface area contributed by atoms with Crippen molar-refractivity contribution < 1.29 is 0 Å². The number of anilines is 1. The molecule has 1 heterocycles. The molecule has 0 atom stereocenters. The van der Waals surface area contributed by atoms with E-state index >= 15 is 0 Å². The van der Waals surface area contributed by atoms with Gasteiger partial charge in [0.25, 0.3) is 0 Å². The minimum atomic E-state index is 0.660. The van der Waals surface area contributed by atoms with Gasteiger partial charge in [0.2, 0.25) is 0 Å². The van der Waals surface area contributed by atoms with E-state index < -0.39 is 0 Å². The van der Waals surface area contributed by atoms with E-state index in [-0.39, 0.29) is 0 Å². The lowest BCUT2D eigenvalue weighted by Crippen LogP contribution is -2.05. The van der Waals surface area contributed by atoms with Crippen molar-refractivity contribution in [2.24, 2.45) is 0 Å². The van der Waals surface area contributed by atoms with Gasteiger partial charge in [-0.2, -0.15) is 0 Å². The maximum atomic E-state index is 6.15. The molecule has 20 heavy (non-hydrogen) atoms. The monoisotopic (exact) mass is 465 g/mol. The molecule has 0 saturated carbocycles. The quantitative estimate of drug-likeness (QED) is 0.633. The van der Waals surface area contributed by atoms with Crippen LogP contribution in [0.5, 0.6) is 0 Å². The molecule has 0 unspecified atom stereocenters. The third kappa shape index (κ3) is 3.43. The number of nitrogens with zero attached hydrogens (tertiary/aromatic N) is 2. The number of rotatable bonds is 4. The maximum absolute atomic E-state index is 6.15. The Labute approximate surface area is 145 Å². The van der Waals surface area contributed by atoms with Gasteiger partial charge >= 0.3 is 0 Å². The van der Waals surface area contributed by atoms with Crippen molar-refractivity contribution in [3.63, 3.8) is 0 Å². The summed E-state index contributed by atoms with van der Waals surface area (Å²) in [5, 5.41) is 3.79. The third-order valence-corrected chi connectivity index (χ3v) is 5.19. The second kappa shape index (κ2) is 7.04. The number of aromatic nitrogens is 2. The highest BCUT2D eigenvalue weighted by Crippen LogP contribution is 2.29. The van der Waals surface area contributed by atoms with E-state index in [0.29, 0.717) is 10.8 Å². The fraction of sp³-hybridized carbons (Fsp3) is 0.286. The van der Waals surface area contributed by atoms with Gasteiger partial charge in [0.15, 0.2) is 5.82 Å². The zero-order valence-corrected chi connectivity index (χ0v) is 15.7. The van der Waals surface area contributed by atoms with Gasteiger partial charge in [-0.25, -0.2) is 9.97 Å². The molecule has 106 valence electrons. The zero-order valence-electron chi connectivity index (χ0n) is 11.2. The summed E-state index contributed by atoms with van der Waals surface area (Å²) in [7, 11) is 1.87. The molecule has 0 bridgehead atoms. The normalized spacial score (nSPS) is 10.7. The highest BCUT2D eigenvalue weighted by Gasteiger charge is 2.12. The molecule has 1 aromatic carbocycles. The van der Waals surface area contributed by atoms with E-state index in [1.807, 2.05) is 25.2 Å². The number of benzene rings is 1. The van der Waals surface area contributed by atoms with Crippen LogP contribution in [0.3, 0.4) is 0 Å². The first-order chi connectivity index (χ1) is 9.56. The van der Waals surface area contributed by atoms with Gasteiger partial charge < -0.3 is 5.32 Å². The molecule has 3 nitrogen and oxygen atoms in total. The van der Waals surface area contributed by atoms with Crippen LogP contribution in [0.15, 0.2) is 22.7 Å². The number of nitrogens with one attached hydrogen (secondary N) is 1. The van der Waals surface area contributed by atoms with Crippen molar-refractivity contribution in [2.75, 3.05) is 12.4 Å². The van der Waals surface area contributed by atoms with Gasteiger partial charge in [0.1, 0.15) is 5.82 Å². The molecule has 2 aromatic rings. The predicted octanol–water partition coefficient (Wildman–Crippen LogP) is 5.16. The van der Waals surface area contributed by atoms with Gasteiger partial charge in [-0.15, -0.1) is 0 Å². The minimum absolute atomic E-state index is 0.660. The zero-order chi connectivity index (χ0) is 14.7. The summed E-state index contributed by atoms with van der Waals surface area (Å²) in [6.45, 7) is 2.15. The SMILES string of the molecule is CCCc1nc(-c2ccc(Br)c(Cl)c2)nc(NC)c1I. The fourth-order valence-corrected chi connectivity index (χ4v) is 3.03. The summed E-state index contributed by atoms with van der Waals surface area (Å²) in [5.41, 5.74) is 1.99. The standard InChI is InChI=1S/C14H14BrClIN3/c1-3-4-11-12(17)14(18-2)20-13(19-11)8-5-6-9(15)10(16)7-8/h5-7H,3-4H2,1-2H3,(H,18,19,20). The van der Waals surface area contributed by atoms with Crippen molar-refractivity contribution in [1.29, 1.82) is 0 Å². The van der Waals surface area contributed by atoms with Crippen LogP contribution in [0.1, 0.15) is 19.0 Å². The average molecular weight is 467 g/mol. The third-order valence-electron chi connectivity index (χ3n) is 2.82. The molecule has 1 N–H and O–H groups in total. The van der Waals surface area contributed by atoms with Gasteiger partial charge in [0, 0.05) is 17.1 Å². The van der Waals surface area contributed by atoms with Crippen molar-refractivity contribution in [3.05, 3.63) is 37.0 Å². The van der Waals surface area contributed by atoms with Crippen LogP contribution >= 0.6 is 50.1 Å². The first kappa shape index (κ1) is 16.0. The van der Waals surface area contributed by atoms with E-state index in [2.05, 4.69) is 60.7 Å². The van der Waals surface area contributed by atoms with Crippen LogP contribution in [-0.4, -0.2) is 17.0 Å². The van der Waals surface area contributed by atoms with Crippen molar-refractivity contribution in [3.8, 4) is 11.4 Å². The highest BCUT2D eigenvalue weighted by atomic mass is 127. The lowest BCUT2D eigenvalue weighted by atomic mass is 10.2. The van der Waals surface area contributed by atoms with Crippen LogP contribution < -0.4 is 5.32 Å². The van der Waals surface area contributed by atoms with E-state index in [4.69, 9.17) is 11.6 Å². The van der Waals surface area contributed by atoms with Crippen LogP contribution in [-0.2, 0) is 6.42 Å². The van der Waals surface area contributed by atoms with Crippen molar-refractivity contribution in [2.45, 2.75) is 19.8 Å². The maximum Gasteiger partial charge on any atom is 0.161 e. The van der Waals surface area contributed by atoms with Crippen molar-refractivity contribution in [1.82, 2.24) is 9.97 Å². The fourth-order valence-electron chi connectivity index (χ4n) is 1.83. The summed E-state index contributed by atoms with van der Waals surface area (Å²) in [4.78, 5) is 9.25. The van der Waals surface area contributed by atoms with Crippen LogP contribution in [0.4, 0.5) is 5.82 Å². The molecular weight excluding hydrogens is 452 g/mol. The smallest absolute Gasteiger partial charge is 0.161 e. The Morgan fingerprint density at radius 3 is 2.70 bits per heavy atom. The first-order valence-corrected chi connectivity index (χ1v) is 8.51. The van der Waals surface area contributed by atoms with E-state index in [9.17, 15) is 0 Å². The Morgan fingerprint density at radius 2 is 2.10 bits per heavy atom. The summed E-state index contributed by atoms with van der Waals surface area (Å²) in [6.07, 6.45) is 1.99. The molecule has 0 aliphatic rings. The highest BCUT2D eigenvalue weighted by molar-refractivity contribution is 14.1. The second-order valence-electron chi connectivity index (χ2n) is 4.29. The summed E-state index contributed by atoms with van der Waals surface area (Å²) >= 11 is 11.8. The van der Waals surface area contributed by atoms with Gasteiger partial charge in [0.05, 0.1) is 14.3 Å². The lowest BCUT2D eigenvalue weighted by molar-refractivity contribution is 0.868. The number of hydrogen-bond acceptors (Lipinski definition) is 3. The Morgan fingerprint density at radius 1 is 1.35 bits per heavy atom. The van der Waals surface area contributed by atoms with E-state index in [1.165, 1.54) is 0 Å². The molecule has 2 rings (SSSR count). The summed E-state index contributed by atoms with van der Waals surface area (Å²) in [6, 6.07) is 5.76. The molecule has 0 aliphatic heterocycles. The van der Waals surface area contributed by atoms with Gasteiger partial charge in [-0.05, 0) is 63.1 Å². The van der Waals surface area contributed by atoms with Gasteiger partial charge in [-0.1, -0.05) is 24.9 Å². The van der Waals surface area contributed by atoms with Crippen LogP contribution in [0.25, 0.3) is 11.4 Å². The Balaban J connectivity index is 2.55. The Kier molecular flexibility index (Phi) is 5.63. The summed E-state index contributed by atoms with van der Waals surface area (Å²) in [5.74, 6) is 1.56. The van der Waals surface area contributed by atoms with Crippen molar-refractivity contribution >= 4 is 55.9 Å². The van der Waals surface area contributed by atoms with E-state index in [1.54, 1.807) is 0 Å². The average Bonchev–Trinajstić information content (AvgIpc) is 2.44. The molecule has 0 radical (unpaired) electrons. The number of aryl methyl sites for hydroxylation is 1. The number of hydrogen-bond donors (Lipinski definition) is 1. The Bertz CT molecular complexity index is 634. The number of halogens is 3. The minimum Gasteiger partial charge on any atom is -0.372 e. The van der Waals surface area contributed by atoms with Gasteiger partial charge in [-0.3, -0.25) is 0 Å². The molecular formula is C14H14BrClIN3. The van der Waals surface area contributed by atoms with Crippen LogP contribution in [0.2, 0.25) is 5.02 Å². The molecule has 6 heteroatoms. The molecule has 0 spiro atoms. The second-order valence-corrected chi connectivity index (χ2v) is 6.63. The topological polar surface area (TPSA) is 37.8 Å².